The van der Waals surface area contributed by atoms with Gasteiger partial charge in [0.25, 0.3) is 0 Å². The number of fused-ring (bicyclic) bond motifs is 3. The number of carbonyl (C=O) groups excluding carboxylic acids is 3. The molecule has 1 aliphatic carbocycles. The molecule has 0 heterocycles. The number of alkyl carbamates (subject to hydrolysis) is 1. The Labute approximate surface area is 345 Å². The number of aliphatic hydroxyl groups excluding tert-OH is 1. The lowest BCUT2D eigenvalue weighted by Gasteiger charge is -2.37. The molecule has 6 aromatic carbocycles. The topological polar surface area (TPSA) is 126 Å². The van der Waals surface area contributed by atoms with Crippen LogP contribution >= 0.6 is 0 Å². The van der Waals surface area contributed by atoms with Crippen molar-refractivity contribution in [2.75, 3.05) is 18.5 Å². The number of hydrogen-bond acceptors (Lipinski definition) is 6. The second-order valence-electron chi connectivity index (χ2n) is 15.1. The number of ether oxygens (including phenoxy) is 2. The smallest absolute Gasteiger partial charge is 0.407 e. The Morgan fingerprint density at radius 3 is 1.59 bits per heavy atom. The van der Waals surface area contributed by atoms with Crippen LogP contribution in [0.25, 0.3) is 11.1 Å². The van der Waals surface area contributed by atoms with Gasteiger partial charge in [0.1, 0.15) is 24.3 Å². The van der Waals surface area contributed by atoms with Gasteiger partial charge in [-0.1, -0.05) is 166 Å². The van der Waals surface area contributed by atoms with Crippen molar-refractivity contribution in [3.05, 3.63) is 197 Å². The van der Waals surface area contributed by atoms with Crippen LogP contribution in [-0.2, 0) is 31.3 Å². The van der Waals surface area contributed by atoms with Gasteiger partial charge in [-0.3, -0.25) is 9.59 Å². The highest BCUT2D eigenvalue weighted by molar-refractivity contribution is 5.98. The summed E-state index contributed by atoms with van der Waals surface area (Å²) in [5.41, 5.74) is 6.81. The molecule has 0 fully saturated rings. The molecule has 0 bridgehead atoms. The van der Waals surface area contributed by atoms with Crippen LogP contribution in [0.1, 0.15) is 59.6 Å². The second kappa shape index (κ2) is 18.8. The number of aliphatic hydroxyl groups is 1. The number of nitrogens with one attached hydrogen (secondary N) is 3. The maximum Gasteiger partial charge on any atom is 0.407 e. The fourth-order valence-corrected chi connectivity index (χ4v) is 7.84. The number of hydrogen-bond donors (Lipinski definition) is 4. The van der Waals surface area contributed by atoms with Crippen molar-refractivity contribution >= 4 is 23.6 Å². The van der Waals surface area contributed by atoms with Crippen LogP contribution in [0.5, 0.6) is 0 Å². The molecule has 0 radical (unpaired) electrons. The van der Waals surface area contributed by atoms with Crippen LogP contribution in [0, 0.1) is 5.92 Å². The SMILES string of the molecule is CC(C)C[C@H](NC(=O)[C@H](COC(c1ccccc1)(c1ccccc1)c1ccccc1)NC(=O)OCC1c2ccccc2-c2ccccc21)C(=O)Nc1ccc(CO)cc1. The highest BCUT2D eigenvalue weighted by atomic mass is 16.5. The molecule has 3 amide bonds. The van der Waals surface area contributed by atoms with Crippen molar-refractivity contribution in [1.29, 1.82) is 0 Å². The quantitative estimate of drug-likeness (QED) is 0.0729. The van der Waals surface area contributed by atoms with E-state index in [4.69, 9.17) is 9.47 Å². The second-order valence-corrected chi connectivity index (χ2v) is 15.1. The van der Waals surface area contributed by atoms with Gasteiger partial charge < -0.3 is 30.5 Å². The molecular formula is C50H49N3O6. The molecule has 0 aliphatic heterocycles. The largest absolute Gasteiger partial charge is 0.449 e. The van der Waals surface area contributed by atoms with E-state index in [2.05, 4.69) is 28.1 Å². The summed E-state index contributed by atoms with van der Waals surface area (Å²) in [5.74, 6) is -1.19. The first-order chi connectivity index (χ1) is 28.8. The number of rotatable bonds is 16. The van der Waals surface area contributed by atoms with E-state index in [9.17, 15) is 19.5 Å². The van der Waals surface area contributed by atoms with Crippen LogP contribution in [0.4, 0.5) is 10.5 Å². The number of benzene rings is 6. The molecule has 0 unspecified atom stereocenters. The number of anilines is 1. The molecule has 6 aromatic rings. The van der Waals surface area contributed by atoms with Gasteiger partial charge in [0, 0.05) is 11.6 Å². The number of amides is 3. The van der Waals surface area contributed by atoms with Crippen molar-refractivity contribution in [1.82, 2.24) is 10.6 Å². The molecule has 59 heavy (non-hydrogen) atoms. The average Bonchev–Trinajstić information content (AvgIpc) is 3.59. The molecular weight excluding hydrogens is 739 g/mol. The highest BCUT2D eigenvalue weighted by Crippen LogP contribution is 2.45. The summed E-state index contributed by atoms with van der Waals surface area (Å²) in [6.45, 7) is 3.57. The third-order valence-electron chi connectivity index (χ3n) is 10.7. The van der Waals surface area contributed by atoms with Crippen LogP contribution < -0.4 is 16.0 Å². The maximum absolute atomic E-state index is 14.6. The Balaban J connectivity index is 1.19. The van der Waals surface area contributed by atoms with E-state index in [1.807, 2.05) is 141 Å². The van der Waals surface area contributed by atoms with Crippen molar-refractivity contribution in [3.8, 4) is 11.1 Å². The minimum atomic E-state index is -1.28. The predicted octanol–water partition coefficient (Wildman–Crippen LogP) is 8.56. The van der Waals surface area contributed by atoms with Gasteiger partial charge in [0.05, 0.1) is 13.2 Å². The van der Waals surface area contributed by atoms with Crippen molar-refractivity contribution in [2.45, 2.75) is 50.5 Å². The zero-order valence-electron chi connectivity index (χ0n) is 33.2. The first-order valence-electron chi connectivity index (χ1n) is 20.0. The summed E-state index contributed by atoms with van der Waals surface area (Å²) in [5, 5.41) is 18.1. The standard InChI is InChI=1S/C50H49N3O6/c1-34(2)30-45(47(55)51-39-28-26-35(31-54)27-29-39)52-48(56)46(53-49(57)58-32-44-42-24-14-12-22-40(42)41-23-13-15-25-43(41)44)33-59-50(36-16-6-3-7-17-36,37-18-8-4-9-19-37)38-20-10-5-11-21-38/h3-29,34,44-46,54H,30-33H2,1-2H3,(H,51,55)(H,52,56)(H,53,57)/t45-,46-/m0/s1. The van der Waals surface area contributed by atoms with Gasteiger partial charge in [-0.25, -0.2) is 4.79 Å². The Bertz CT molecular complexity index is 2190. The van der Waals surface area contributed by atoms with E-state index in [1.54, 1.807) is 24.3 Å². The van der Waals surface area contributed by atoms with Gasteiger partial charge in [-0.05, 0) is 69.0 Å². The average molecular weight is 788 g/mol. The monoisotopic (exact) mass is 787 g/mol. The summed E-state index contributed by atoms with van der Waals surface area (Å²) in [4.78, 5) is 42.2. The highest BCUT2D eigenvalue weighted by Gasteiger charge is 2.40. The van der Waals surface area contributed by atoms with E-state index in [0.29, 0.717) is 17.7 Å². The van der Waals surface area contributed by atoms with E-state index < -0.39 is 35.6 Å². The van der Waals surface area contributed by atoms with Crippen LogP contribution in [-0.4, -0.2) is 48.3 Å². The van der Waals surface area contributed by atoms with E-state index in [0.717, 1.165) is 38.9 Å². The maximum atomic E-state index is 14.6. The fourth-order valence-electron chi connectivity index (χ4n) is 7.84. The molecule has 4 N–H and O–H groups in total. The number of carbonyl (C=O) groups is 3. The minimum absolute atomic E-state index is 0.0366. The van der Waals surface area contributed by atoms with Crippen LogP contribution in [0.2, 0.25) is 0 Å². The molecule has 300 valence electrons. The first-order valence-corrected chi connectivity index (χ1v) is 20.0. The van der Waals surface area contributed by atoms with Crippen LogP contribution in [0.3, 0.4) is 0 Å². The summed E-state index contributed by atoms with van der Waals surface area (Å²) < 4.78 is 13.0. The lowest BCUT2D eigenvalue weighted by molar-refractivity contribution is -0.130. The summed E-state index contributed by atoms with van der Waals surface area (Å²) in [6, 6.07) is 50.0. The normalized spacial score (nSPS) is 13.2. The van der Waals surface area contributed by atoms with E-state index in [-0.39, 0.29) is 31.7 Å². The Morgan fingerprint density at radius 2 is 1.10 bits per heavy atom. The zero-order chi connectivity index (χ0) is 41.2. The zero-order valence-corrected chi connectivity index (χ0v) is 33.2. The summed E-state index contributed by atoms with van der Waals surface area (Å²) in [6.07, 6.45) is -0.471. The van der Waals surface area contributed by atoms with Crippen LogP contribution in [0.15, 0.2) is 164 Å². The molecule has 0 aromatic heterocycles. The molecule has 0 saturated carbocycles. The molecule has 0 saturated heterocycles. The lowest BCUT2D eigenvalue weighted by Crippen LogP contribution is -2.55. The Hall–Kier alpha value is -6.55. The van der Waals surface area contributed by atoms with Gasteiger partial charge in [-0.2, -0.15) is 0 Å². The molecule has 9 nitrogen and oxygen atoms in total. The minimum Gasteiger partial charge on any atom is -0.449 e. The van der Waals surface area contributed by atoms with Gasteiger partial charge in [0.15, 0.2) is 0 Å². The van der Waals surface area contributed by atoms with E-state index >= 15 is 0 Å². The van der Waals surface area contributed by atoms with Crippen molar-refractivity contribution in [3.63, 3.8) is 0 Å². The molecule has 9 heteroatoms. The summed E-state index contributed by atoms with van der Waals surface area (Å²) in [7, 11) is 0. The first kappa shape index (κ1) is 40.6. The third-order valence-corrected chi connectivity index (χ3v) is 10.7. The lowest BCUT2D eigenvalue weighted by atomic mass is 9.80. The predicted molar refractivity (Wildman–Crippen MR) is 230 cm³/mol. The van der Waals surface area contributed by atoms with Crippen molar-refractivity contribution in [2.24, 2.45) is 5.92 Å². The van der Waals surface area contributed by atoms with Gasteiger partial charge >= 0.3 is 6.09 Å². The van der Waals surface area contributed by atoms with E-state index in [1.165, 1.54) is 0 Å². The third kappa shape index (κ3) is 9.28. The Morgan fingerprint density at radius 1 is 0.610 bits per heavy atom. The molecule has 2 atom stereocenters. The molecule has 7 rings (SSSR count). The Kier molecular flexibility index (Phi) is 13.0. The molecule has 1 aliphatic rings. The molecule has 0 spiro atoms. The van der Waals surface area contributed by atoms with Crippen molar-refractivity contribution < 1.29 is 29.0 Å². The summed E-state index contributed by atoms with van der Waals surface area (Å²) >= 11 is 0. The fraction of sp³-hybridized carbons (Fsp3) is 0.220. The van der Waals surface area contributed by atoms with Gasteiger partial charge in [-0.15, -0.1) is 0 Å². The van der Waals surface area contributed by atoms with Gasteiger partial charge in [0.2, 0.25) is 11.8 Å².